The lowest BCUT2D eigenvalue weighted by atomic mass is 9.83. The predicted octanol–water partition coefficient (Wildman–Crippen LogP) is 1.91. The van der Waals surface area contributed by atoms with Gasteiger partial charge in [-0.1, -0.05) is 11.6 Å². The molecule has 0 bridgehead atoms. The van der Waals surface area contributed by atoms with E-state index < -0.39 is 17.3 Å². The van der Waals surface area contributed by atoms with Crippen molar-refractivity contribution in [2.24, 2.45) is 0 Å². The smallest absolute Gasteiger partial charge is 0.323 e. The summed E-state index contributed by atoms with van der Waals surface area (Å²) >= 11 is 6.11. The lowest BCUT2D eigenvalue weighted by Gasteiger charge is -2.17. The van der Waals surface area contributed by atoms with Crippen molar-refractivity contribution in [3.05, 3.63) is 28.7 Å². The Kier molecular flexibility index (Phi) is 2.71. The molecule has 0 radical (unpaired) electrons. The number of hydrogen-bond acceptors (Lipinski definition) is 4. The Labute approximate surface area is 125 Å². The molecule has 6 nitrogen and oxygen atoms in total. The van der Waals surface area contributed by atoms with Gasteiger partial charge in [-0.2, -0.15) is 0 Å². The average Bonchev–Trinajstić information content (AvgIpc) is 2.60. The molecule has 3 rings (SSSR count). The van der Waals surface area contributed by atoms with Gasteiger partial charge in [0.1, 0.15) is 11.0 Å². The Bertz CT molecular complexity index is 821. The maximum Gasteiger partial charge on any atom is 0.323 e. The van der Waals surface area contributed by atoms with E-state index in [1.807, 2.05) is 0 Å². The summed E-state index contributed by atoms with van der Waals surface area (Å²) in [6, 6.07) is 3.28. The SMILES string of the molecule is Cc1nc(Cl)c2cc3c(cc2n1)N(C)C(=O)C3(C)C(=O)O. The topological polar surface area (TPSA) is 83.4 Å². The molecule has 1 aromatic heterocycles. The zero-order chi connectivity index (χ0) is 15.5. The minimum Gasteiger partial charge on any atom is -0.480 e. The Morgan fingerprint density at radius 2 is 2.05 bits per heavy atom. The molecule has 21 heavy (non-hydrogen) atoms. The van der Waals surface area contributed by atoms with Gasteiger partial charge >= 0.3 is 5.97 Å². The molecule has 1 aromatic carbocycles. The van der Waals surface area contributed by atoms with E-state index >= 15 is 0 Å². The van der Waals surface area contributed by atoms with E-state index in [2.05, 4.69) is 9.97 Å². The van der Waals surface area contributed by atoms with Crippen LogP contribution in [0.15, 0.2) is 12.1 Å². The van der Waals surface area contributed by atoms with Crippen molar-refractivity contribution in [3.63, 3.8) is 0 Å². The van der Waals surface area contributed by atoms with Crippen LogP contribution in [0.3, 0.4) is 0 Å². The number of carboxylic acid groups (broad SMARTS) is 1. The van der Waals surface area contributed by atoms with Crippen LogP contribution in [0.2, 0.25) is 5.15 Å². The van der Waals surface area contributed by atoms with E-state index in [9.17, 15) is 14.7 Å². The number of carbonyl (C=O) groups is 2. The fraction of sp³-hybridized carbons (Fsp3) is 0.286. The van der Waals surface area contributed by atoms with Gasteiger partial charge in [0.05, 0.1) is 11.2 Å². The summed E-state index contributed by atoms with van der Waals surface area (Å²) in [5.74, 6) is -1.16. The number of carbonyl (C=O) groups excluding carboxylic acids is 1. The average molecular weight is 306 g/mol. The second kappa shape index (κ2) is 4.14. The molecule has 2 heterocycles. The number of anilines is 1. The fourth-order valence-corrected chi connectivity index (χ4v) is 2.95. The Hall–Kier alpha value is -2.21. The summed E-state index contributed by atoms with van der Waals surface area (Å²) in [7, 11) is 1.55. The van der Waals surface area contributed by atoms with Crippen LogP contribution in [0.5, 0.6) is 0 Å². The highest BCUT2D eigenvalue weighted by molar-refractivity contribution is 6.34. The second-order valence-corrected chi connectivity index (χ2v) is 5.60. The van der Waals surface area contributed by atoms with Crippen LogP contribution < -0.4 is 4.90 Å². The third kappa shape index (κ3) is 1.65. The largest absolute Gasteiger partial charge is 0.480 e. The number of carboxylic acids is 1. The number of hydrogen-bond donors (Lipinski definition) is 1. The number of rotatable bonds is 1. The number of fused-ring (bicyclic) bond motifs is 2. The Morgan fingerprint density at radius 1 is 1.38 bits per heavy atom. The van der Waals surface area contributed by atoms with Gasteiger partial charge in [0.15, 0.2) is 5.41 Å². The number of halogens is 1. The van der Waals surface area contributed by atoms with E-state index in [-0.39, 0.29) is 5.15 Å². The maximum atomic E-state index is 12.3. The van der Waals surface area contributed by atoms with Crippen LogP contribution in [-0.4, -0.2) is 34.0 Å². The van der Waals surface area contributed by atoms with Crippen molar-refractivity contribution < 1.29 is 14.7 Å². The van der Waals surface area contributed by atoms with Crippen LogP contribution in [0.25, 0.3) is 10.9 Å². The first kappa shape index (κ1) is 13.8. The molecule has 0 saturated carbocycles. The van der Waals surface area contributed by atoms with Crippen LogP contribution in [0.1, 0.15) is 18.3 Å². The number of aromatic nitrogens is 2. The molecule has 7 heteroatoms. The number of nitrogens with zero attached hydrogens (tertiary/aromatic N) is 3. The Balaban J connectivity index is 2.41. The Morgan fingerprint density at radius 3 is 2.67 bits per heavy atom. The molecular weight excluding hydrogens is 294 g/mol. The zero-order valence-electron chi connectivity index (χ0n) is 11.6. The van der Waals surface area contributed by atoms with Crippen LogP contribution in [-0.2, 0) is 15.0 Å². The first-order valence-corrected chi connectivity index (χ1v) is 6.64. The molecule has 0 spiro atoms. The molecule has 1 aliphatic rings. The van der Waals surface area contributed by atoms with Crippen molar-refractivity contribution in [2.45, 2.75) is 19.3 Å². The maximum absolute atomic E-state index is 12.3. The van der Waals surface area contributed by atoms with Gasteiger partial charge in [0, 0.05) is 18.0 Å². The number of amides is 1. The van der Waals surface area contributed by atoms with E-state index in [0.717, 1.165) is 0 Å². The normalized spacial score (nSPS) is 21.0. The summed E-state index contributed by atoms with van der Waals surface area (Å²) in [5, 5.41) is 10.3. The van der Waals surface area contributed by atoms with E-state index in [4.69, 9.17) is 11.6 Å². The number of benzene rings is 1. The second-order valence-electron chi connectivity index (χ2n) is 5.24. The molecule has 1 unspecified atom stereocenters. The van der Waals surface area contributed by atoms with Crippen LogP contribution in [0, 0.1) is 6.92 Å². The highest BCUT2D eigenvalue weighted by Crippen LogP contribution is 2.43. The van der Waals surface area contributed by atoms with E-state index in [0.29, 0.717) is 28.0 Å². The summed E-state index contributed by atoms with van der Waals surface area (Å²) < 4.78 is 0. The summed E-state index contributed by atoms with van der Waals surface area (Å²) in [6.07, 6.45) is 0. The lowest BCUT2D eigenvalue weighted by Crippen LogP contribution is -2.42. The molecular formula is C14H12ClN3O3. The highest BCUT2D eigenvalue weighted by atomic mass is 35.5. The van der Waals surface area contributed by atoms with E-state index in [1.54, 1.807) is 26.1 Å². The van der Waals surface area contributed by atoms with Gasteiger partial charge in [-0.15, -0.1) is 0 Å². The minimum atomic E-state index is -1.62. The standard InChI is InChI=1S/C14H12ClN3O3/c1-6-16-9-5-10-8(4-7(9)11(15)17-6)14(2,13(20)21)12(19)18(10)3/h4-5H,1-3H3,(H,20,21). The first-order valence-electron chi connectivity index (χ1n) is 6.26. The minimum absolute atomic E-state index is 0.245. The zero-order valence-corrected chi connectivity index (χ0v) is 12.4. The third-order valence-corrected chi connectivity index (χ3v) is 4.23. The predicted molar refractivity (Wildman–Crippen MR) is 77.7 cm³/mol. The third-order valence-electron chi connectivity index (χ3n) is 3.94. The quantitative estimate of drug-likeness (QED) is 0.643. The lowest BCUT2D eigenvalue weighted by molar-refractivity contribution is -0.147. The fourth-order valence-electron chi connectivity index (χ4n) is 2.68. The van der Waals surface area contributed by atoms with Gasteiger partial charge in [-0.05, 0) is 26.0 Å². The van der Waals surface area contributed by atoms with Crippen LogP contribution >= 0.6 is 11.6 Å². The highest BCUT2D eigenvalue weighted by Gasteiger charge is 2.52. The van der Waals surface area contributed by atoms with Gasteiger partial charge < -0.3 is 10.0 Å². The number of likely N-dealkylation sites (N-methyl/N-ethyl adjacent to an activating group) is 1. The van der Waals surface area contributed by atoms with Crippen molar-refractivity contribution in [1.82, 2.24) is 9.97 Å². The number of aryl methyl sites for hydroxylation is 1. The summed E-state index contributed by atoms with van der Waals surface area (Å²) in [6.45, 7) is 3.11. The molecule has 1 aliphatic heterocycles. The number of aliphatic carboxylic acids is 1. The summed E-state index contributed by atoms with van der Waals surface area (Å²) in [5.41, 5.74) is -0.0941. The van der Waals surface area contributed by atoms with Crippen molar-refractivity contribution in [1.29, 1.82) is 0 Å². The van der Waals surface area contributed by atoms with Gasteiger partial charge in [0.25, 0.3) is 0 Å². The van der Waals surface area contributed by atoms with Gasteiger partial charge in [-0.25, -0.2) is 9.97 Å². The molecule has 0 saturated heterocycles. The van der Waals surface area contributed by atoms with Crippen molar-refractivity contribution in [2.75, 3.05) is 11.9 Å². The first-order chi connectivity index (χ1) is 9.76. The monoisotopic (exact) mass is 305 g/mol. The molecule has 0 fully saturated rings. The molecule has 2 aromatic rings. The molecule has 1 amide bonds. The van der Waals surface area contributed by atoms with Crippen molar-refractivity contribution in [3.8, 4) is 0 Å². The molecule has 0 aliphatic carbocycles. The summed E-state index contributed by atoms with van der Waals surface area (Å²) in [4.78, 5) is 33.6. The molecule has 108 valence electrons. The van der Waals surface area contributed by atoms with Gasteiger partial charge in [0.2, 0.25) is 5.91 Å². The molecule has 1 atom stereocenters. The van der Waals surface area contributed by atoms with E-state index in [1.165, 1.54) is 11.8 Å². The molecule has 1 N–H and O–H groups in total. The van der Waals surface area contributed by atoms with Crippen LogP contribution in [0.4, 0.5) is 5.69 Å². The van der Waals surface area contributed by atoms with Crippen molar-refractivity contribution >= 4 is 40.1 Å². The van der Waals surface area contributed by atoms with Gasteiger partial charge in [-0.3, -0.25) is 9.59 Å².